The van der Waals surface area contributed by atoms with E-state index in [0.29, 0.717) is 11.1 Å². The van der Waals surface area contributed by atoms with Crippen molar-refractivity contribution < 1.29 is 4.42 Å². The second kappa shape index (κ2) is 7.28. The van der Waals surface area contributed by atoms with Gasteiger partial charge in [-0.15, -0.1) is 10.2 Å². The highest BCUT2D eigenvalue weighted by Gasteiger charge is 2.04. The molecule has 0 fully saturated rings. The molecule has 5 heteroatoms. The van der Waals surface area contributed by atoms with Gasteiger partial charge in [0.15, 0.2) is 0 Å². The maximum absolute atomic E-state index is 5.46. The van der Waals surface area contributed by atoms with Crippen LogP contribution < -0.4 is 0 Å². The van der Waals surface area contributed by atoms with E-state index in [4.69, 9.17) is 4.42 Å². The molecule has 2 aromatic rings. The minimum atomic E-state index is 0.636. The number of nitrogens with zero attached hydrogens (tertiary/aromatic N) is 2. The Morgan fingerprint density at radius 3 is 2.83 bits per heavy atom. The average Bonchev–Trinajstić information content (AvgIpc) is 2.84. The van der Waals surface area contributed by atoms with E-state index in [2.05, 4.69) is 34.5 Å². The van der Waals surface area contributed by atoms with Gasteiger partial charge in [-0.25, -0.2) is 0 Å². The molecule has 0 saturated heterocycles. The molecular formula is C13H14N2OS2. The highest BCUT2D eigenvalue weighted by atomic mass is 32.2. The van der Waals surface area contributed by atoms with Gasteiger partial charge in [0.2, 0.25) is 5.89 Å². The van der Waals surface area contributed by atoms with Crippen LogP contribution in [-0.4, -0.2) is 22.2 Å². The van der Waals surface area contributed by atoms with Gasteiger partial charge in [0.05, 0.1) is 5.75 Å². The van der Waals surface area contributed by atoms with E-state index >= 15 is 0 Å². The average molecular weight is 278 g/mol. The molecule has 0 bridgehead atoms. The standard InChI is InChI=1S/C13H14N2OS2/c1-17-10-12-14-15-13(16-12)18-9-5-8-11-6-3-2-4-7-11/h2-8H,9-10H2,1H3. The SMILES string of the molecule is CSCc1nnc(SCC=Cc2ccccc2)o1. The van der Waals surface area contributed by atoms with Gasteiger partial charge in [0.25, 0.3) is 5.22 Å². The van der Waals surface area contributed by atoms with Crippen molar-refractivity contribution in [3.8, 4) is 0 Å². The molecule has 0 saturated carbocycles. The van der Waals surface area contributed by atoms with Crippen molar-refractivity contribution in [2.24, 2.45) is 0 Å². The zero-order chi connectivity index (χ0) is 12.6. The number of hydrogen-bond donors (Lipinski definition) is 0. The van der Waals surface area contributed by atoms with Crippen LogP contribution in [0.4, 0.5) is 0 Å². The third-order valence-corrected chi connectivity index (χ3v) is 3.44. The topological polar surface area (TPSA) is 38.9 Å². The summed E-state index contributed by atoms with van der Waals surface area (Å²) in [6.07, 6.45) is 6.20. The quantitative estimate of drug-likeness (QED) is 0.753. The van der Waals surface area contributed by atoms with E-state index in [-0.39, 0.29) is 0 Å². The van der Waals surface area contributed by atoms with Gasteiger partial charge in [-0.1, -0.05) is 54.2 Å². The van der Waals surface area contributed by atoms with Gasteiger partial charge < -0.3 is 4.42 Å². The van der Waals surface area contributed by atoms with Crippen LogP contribution in [0.25, 0.3) is 6.08 Å². The van der Waals surface area contributed by atoms with Gasteiger partial charge in [0, 0.05) is 5.75 Å². The maximum atomic E-state index is 5.46. The van der Waals surface area contributed by atoms with Crippen molar-refractivity contribution in [2.75, 3.05) is 12.0 Å². The van der Waals surface area contributed by atoms with Gasteiger partial charge in [-0.05, 0) is 11.8 Å². The molecule has 18 heavy (non-hydrogen) atoms. The first-order chi connectivity index (χ1) is 8.88. The van der Waals surface area contributed by atoms with Gasteiger partial charge in [-0.2, -0.15) is 11.8 Å². The summed E-state index contributed by atoms with van der Waals surface area (Å²) in [4.78, 5) is 0. The number of aromatic nitrogens is 2. The van der Waals surface area contributed by atoms with Crippen molar-refractivity contribution in [1.29, 1.82) is 0 Å². The molecule has 0 unspecified atom stereocenters. The highest BCUT2D eigenvalue weighted by molar-refractivity contribution is 7.99. The Morgan fingerprint density at radius 2 is 2.06 bits per heavy atom. The summed E-state index contributed by atoms with van der Waals surface area (Å²) in [6.45, 7) is 0. The van der Waals surface area contributed by atoms with Crippen LogP contribution in [0, 0.1) is 0 Å². The Bertz CT molecular complexity index is 497. The van der Waals surface area contributed by atoms with E-state index in [1.54, 1.807) is 23.5 Å². The summed E-state index contributed by atoms with van der Waals surface area (Å²) in [6, 6.07) is 10.2. The molecule has 1 aromatic heterocycles. The number of benzene rings is 1. The van der Waals surface area contributed by atoms with Crippen LogP contribution in [-0.2, 0) is 5.75 Å². The lowest BCUT2D eigenvalue weighted by molar-refractivity contribution is 0.427. The van der Waals surface area contributed by atoms with Crippen LogP contribution >= 0.6 is 23.5 Å². The Balaban J connectivity index is 1.79. The third kappa shape index (κ3) is 4.23. The fraction of sp³-hybridized carbons (Fsp3) is 0.231. The van der Waals surface area contributed by atoms with Crippen molar-refractivity contribution in [3.63, 3.8) is 0 Å². The first-order valence-corrected chi connectivity index (χ1v) is 7.92. The normalized spacial score (nSPS) is 11.2. The molecule has 0 radical (unpaired) electrons. The fourth-order valence-corrected chi connectivity index (χ4v) is 2.30. The van der Waals surface area contributed by atoms with E-state index in [1.165, 1.54) is 5.56 Å². The van der Waals surface area contributed by atoms with Gasteiger partial charge in [-0.3, -0.25) is 0 Å². The zero-order valence-electron chi connectivity index (χ0n) is 10.1. The Kier molecular flexibility index (Phi) is 5.36. The Hall–Kier alpha value is -1.20. The van der Waals surface area contributed by atoms with E-state index < -0.39 is 0 Å². The second-order valence-corrected chi connectivity index (χ2v) is 5.36. The molecule has 0 amide bonds. The Labute approximate surface area is 115 Å². The number of hydrogen-bond acceptors (Lipinski definition) is 5. The molecule has 3 nitrogen and oxygen atoms in total. The summed E-state index contributed by atoms with van der Waals surface area (Å²) < 4.78 is 5.46. The number of thioether (sulfide) groups is 2. The first-order valence-electron chi connectivity index (χ1n) is 5.54. The van der Waals surface area contributed by atoms with E-state index in [0.717, 1.165) is 11.5 Å². The van der Waals surface area contributed by atoms with Crippen LogP contribution in [0.2, 0.25) is 0 Å². The molecule has 94 valence electrons. The molecule has 0 N–H and O–H groups in total. The molecule has 0 spiro atoms. The maximum Gasteiger partial charge on any atom is 0.276 e. The molecule has 1 aromatic carbocycles. The lowest BCUT2D eigenvalue weighted by Gasteiger charge is -1.91. The van der Waals surface area contributed by atoms with E-state index in [9.17, 15) is 0 Å². The fourth-order valence-electron chi connectivity index (χ4n) is 1.35. The summed E-state index contributed by atoms with van der Waals surface area (Å²) in [5, 5.41) is 8.57. The zero-order valence-corrected chi connectivity index (χ0v) is 11.7. The molecule has 0 atom stereocenters. The Morgan fingerprint density at radius 1 is 1.22 bits per heavy atom. The number of rotatable bonds is 6. The molecule has 0 aliphatic rings. The summed E-state index contributed by atoms with van der Waals surface area (Å²) >= 11 is 3.22. The minimum absolute atomic E-state index is 0.636. The van der Waals surface area contributed by atoms with Crippen molar-refractivity contribution in [1.82, 2.24) is 10.2 Å². The molecule has 0 aliphatic carbocycles. The monoisotopic (exact) mass is 278 g/mol. The molecular weight excluding hydrogens is 264 g/mol. The van der Waals surface area contributed by atoms with Crippen molar-refractivity contribution in [3.05, 3.63) is 47.9 Å². The van der Waals surface area contributed by atoms with Gasteiger partial charge in [0.1, 0.15) is 0 Å². The predicted molar refractivity (Wildman–Crippen MR) is 77.7 cm³/mol. The second-order valence-electron chi connectivity index (χ2n) is 3.52. The van der Waals surface area contributed by atoms with Crippen LogP contribution in [0.3, 0.4) is 0 Å². The lowest BCUT2D eigenvalue weighted by Crippen LogP contribution is -1.77. The van der Waals surface area contributed by atoms with Crippen molar-refractivity contribution >= 4 is 29.6 Å². The molecule has 2 rings (SSSR count). The molecule has 0 aliphatic heterocycles. The largest absolute Gasteiger partial charge is 0.415 e. The predicted octanol–water partition coefficient (Wildman–Crippen LogP) is 3.74. The van der Waals surface area contributed by atoms with Crippen LogP contribution in [0.15, 0.2) is 46.0 Å². The minimum Gasteiger partial charge on any atom is -0.415 e. The van der Waals surface area contributed by atoms with E-state index in [1.807, 2.05) is 24.5 Å². The lowest BCUT2D eigenvalue weighted by atomic mass is 10.2. The summed E-state index contributed by atoms with van der Waals surface area (Å²) in [5.41, 5.74) is 1.20. The summed E-state index contributed by atoms with van der Waals surface area (Å²) in [5.74, 6) is 2.29. The highest BCUT2D eigenvalue weighted by Crippen LogP contribution is 2.18. The van der Waals surface area contributed by atoms with Crippen molar-refractivity contribution in [2.45, 2.75) is 11.0 Å². The smallest absolute Gasteiger partial charge is 0.276 e. The first kappa shape index (κ1) is 13.2. The summed E-state index contributed by atoms with van der Waals surface area (Å²) in [7, 11) is 0. The van der Waals surface area contributed by atoms with Crippen LogP contribution in [0.5, 0.6) is 0 Å². The molecule has 1 heterocycles. The van der Waals surface area contributed by atoms with Crippen LogP contribution in [0.1, 0.15) is 11.5 Å². The van der Waals surface area contributed by atoms with Gasteiger partial charge >= 0.3 is 0 Å². The third-order valence-electron chi connectivity index (χ3n) is 2.13.